The molecule has 0 saturated heterocycles. The monoisotopic (exact) mass is 339 g/mol. The summed E-state index contributed by atoms with van der Waals surface area (Å²) in [5, 5.41) is 3.76. The number of rotatable bonds is 4. The average Bonchev–Trinajstić information content (AvgIpc) is 2.55. The summed E-state index contributed by atoms with van der Waals surface area (Å²) >= 11 is 6.03. The average molecular weight is 340 g/mol. The van der Waals surface area contributed by atoms with E-state index in [-0.39, 0.29) is 5.56 Å². The first-order valence-electron chi connectivity index (χ1n) is 7.70. The maximum absolute atomic E-state index is 12.4. The molecule has 0 spiro atoms. The largest absolute Gasteiger partial charge is 0.325 e. The van der Waals surface area contributed by atoms with Crippen LogP contribution in [0.3, 0.4) is 0 Å². The van der Waals surface area contributed by atoms with E-state index >= 15 is 0 Å². The van der Waals surface area contributed by atoms with Gasteiger partial charge in [-0.1, -0.05) is 48.0 Å². The Morgan fingerprint density at radius 2 is 1.88 bits per heavy atom. The number of nitrogens with one attached hydrogen (secondary N) is 2. The molecule has 3 aromatic rings. The first-order chi connectivity index (χ1) is 11.5. The Hall–Kier alpha value is -2.59. The molecule has 0 bridgehead atoms. The number of aromatic amines is 1. The predicted molar refractivity (Wildman–Crippen MR) is 98.3 cm³/mol. The van der Waals surface area contributed by atoms with Crippen molar-refractivity contribution in [1.29, 1.82) is 0 Å². The van der Waals surface area contributed by atoms with E-state index in [9.17, 15) is 4.79 Å². The Balaban J connectivity index is 1.90. The van der Waals surface area contributed by atoms with Crippen molar-refractivity contribution in [1.82, 2.24) is 9.97 Å². The van der Waals surface area contributed by atoms with Crippen LogP contribution in [0.1, 0.15) is 22.4 Å². The summed E-state index contributed by atoms with van der Waals surface area (Å²) < 4.78 is 0. The summed E-state index contributed by atoms with van der Waals surface area (Å²) in [6, 6.07) is 15.4. The molecule has 3 rings (SSSR count). The fourth-order valence-corrected chi connectivity index (χ4v) is 2.71. The Morgan fingerprint density at radius 3 is 2.58 bits per heavy atom. The van der Waals surface area contributed by atoms with Gasteiger partial charge in [-0.15, -0.1) is 0 Å². The SMILES string of the molecule is Cc1ccc(Cl)cc1Nc1nc(C)c(Cc2ccccc2)c(=O)[nH]1. The number of H-pyrrole nitrogens is 1. The molecule has 0 aliphatic carbocycles. The van der Waals surface area contributed by atoms with Crippen molar-refractivity contribution in [3.8, 4) is 0 Å². The van der Waals surface area contributed by atoms with Crippen molar-refractivity contribution >= 4 is 23.2 Å². The molecule has 0 aliphatic heterocycles. The summed E-state index contributed by atoms with van der Waals surface area (Å²) in [5.74, 6) is 0.416. The molecular weight excluding hydrogens is 322 g/mol. The molecule has 0 amide bonds. The van der Waals surface area contributed by atoms with Gasteiger partial charge >= 0.3 is 0 Å². The molecular formula is C19H18ClN3O. The minimum atomic E-state index is -0.131. The standard InChI is InChI=1S/C19H18ClN3O/c1-12-8-9-15(20)11-17(12)22-19-21-13(2)16(18(24)23-19)10-14-6-4-3-5-7-14/h3-9,11H,10H2,1-2H3,(H2,21,22,23,24). The summed E-state index contributed by atoms with van der Waals surface area (Å²) in [7, 11) is 0. The van der Waals surface area contributed by atoms with Crippen molar-refractivity contribution in [2.45, 2.75) is 20.3 Å². The Kier molecular flexibility index (Phi) is 4.67. The predicted octanol–water partition coefficient (Wildman–Crippen LogP) is 4.37. The number of hydrogen-bond acceptors (Lipinski definition) is 3. The number of hydrogen-bond donors (Lipinski definition) is 2. The zero-order valence-electron chi connectivity index (χ0n) is 13.6. The molecule has 2 N–H and O–H groups in total. The Morgan fingerprint density at radius 1 is 1.12 bits per heavy atom. The van der Waals surface area contributed by atoms with Crippen LogP contribution in [-0.4, -0.2) is 9.97 Å². The number of nitrogens with zero attached hydrogens (tertiary/aromatic N) is 1. The lowest BCUT2D eigenvalue weighted by atomic mass is 10.1. The number of halogens is 1. The van der Waals surface area contributed by atoms with Gasteiger partial charge in [-0.25, -0.2) is 4.98 Å². The molecule has 0 saturated carbocycles. The van der Waals surface area contributed by atoms with E-state index in [1.807, 2.05) is 62.4 Å². The molecule has 0 fully saturated rings. The van der Waals surface area contributed by atoms with Gasteiger partial charge < -0.3 is 5.32 Å². The Bertz CT molecular complexity index is 920. The lowest BCUT2D eigenvalue weighted by molar-refractivity contribution is 0.985. The van der Waals surface area contributed by atoms with E-state index < -0.39 is 0 Å². The van der Waals surface area contributed by atoms with Gasteiger partial charge in [0.05, 0.1) is 5.69 Å². The van der Waals surface area contributed by atoms with Gasteiger partial charge in [-0.2, -0.15) is 0 Å². The van der Waals surface area contributed by atoms with E-state index in [1.54, 1.807) is 0 Å². The van der Waals surface area contributed by atoms with Crippen LogP contribution < -0.4 is 10.9 Å². The van der Waals surface area contributed by atoms with Gasteiger partial charge in [-0.05, 0) is 37.1 Å². The second-order valence-corrected chi connectivity index (χ2v) is 6.16. The number of benzene rings is 2. The topological polar surface area (TPSA) is 57.8 Å². The highest BCUT2D eigenvalue weighted by Gasteiger charge is 2.10. The molecule has 4 nitrogen and oxygen atoms in total. The van der Waals surface area contributed by atoms with Crippen molar-refractivity contribution < 1.29 is 0 Å². The van der Waals surface area contributed by atoms with Gasteiger partial charge in [0.15, 0.2) is 0 Å². The molecule has 5 heteroatoms. The second kappa shape index (κ2) is 6.89. The minimum Gasteiger partial charge on any atom is -0.325 e. The van der Waals surface area contributed by atoms with Gasteiger partial charge in [0.1, 0.15) is 0 Å². The highest BCUT2D eigenvalue weighted by atomic mass is 35.5. The van der Waals surface area contributed by atoms with E-state index in [0.717, 1.165) is 16.8 Å². The first-order valence-corrected chi connectivity index (χ1v) is 8.07. The second-order valence-electron chi connectivity index (χ2n) is 5.73. The zero-order valence-corrected chi connectivity index (χ0v) is 14.3. The lowest BCUT2D eigenvalue weighted by Gasteiger charge is -2.11. The van der Waals surface area contributed by atoms with Crippen molar-refractivity contribution in [2.24, 2.45) is 0 Å². The van der Waals surface area contributed by atoms with Gasteiger partial charge in [0, 0.05) is 22.7 Å². The number of aromatic nitrogens is 2. The van der Waals surface area contributed by atoms with Crippen molar-refractivity contribution in [3.63, 3.8) is 0 Å². The van der Waals surface area contributed by atoms with Crippen molar-refractivity contribution in [2.75, 3.05) is 5.32 Å². The van der Waals surface area contributed by atoms with E-state index in [4.69, 9.17) is 11.6 Å². The summed E-state index contributed by atoms with van der Waals surface area (Å²) in [6.45, 7) is 3.82. The summed E-state index contributed by atoms with van der Waals surface area (Å²) in [5.41, 5.74) is 4.18. The molecule has 122 valence electrons. The molecule has 0 radical (unpaired) electrons. The molecule has 24 heavy (non-hydrogen) atoms. The zero-order chi connectivity index (χ0) is 17.1. The molecule has 2 aromatic carbocycles. The van der Waals surface area contributed by atoms with Crippen LogP contribution in [0.4, 0.5) is 11.6 Å². The van der Waals surface area contributed by atoms with E-state index in [1.165, 1.54) is 0 Å². The highest BCUT2D eigenvalue weighted by molar-refractivity contribution is 6.30. The normalized spacial score (nSPS) is 10.6. The van der Waals surface area contributed by atoms with Crippen LogP contribution in [-0.2, 0) is 6.42 Å². The van der Waals surface area contributed by atoms with Gasteiger partial charge in [0.25, 0.3) is 5.56 Å². The molecule has 1 aromatic heterocycles. The number of aryl methyl sites for hydroxylation is 2. The molecule has 1 heterocycles. The number of anilines is 2. The van der Waals surface area contributed by atoms with Crippen molar-refractivity contribution in [3.05, 3.63) is 86.3 Å². The van der Waals surface area contributed by atoms with Crippen LogP contribution in [0.15, 0.2) is 53.3 Å². The maximum Gasteiger partial charge on any atom is 0.256 e. The lowest BCUT2D eigenvalue weighted by Crippen LogP contribution is -2.18. The Labute approximate surface area is 145 Å². The van der Waals surface area contributed by atoms with Gasteiger partial charge in [0.2, 0.25) is 5.95 Å². The quantitative estimate of drug-likeness (QED) is 0.741. The van der Waals surface area contributed by atoms with Crippen LogP contribution in [0.2, 0.25) is 5.02 Å². The van der Waals surface area contributed by atoms with Crippen LogP contribution in [0.25, 0.3) is 0 Å². The third-order valence-corrected chi connectivity index (χ3v) is 4.13. The molecule has 0 atom stereocenters. The third-order valence-electron chi connectivity index (χ3n) is 3.90. The van der Waals surface area contributed by atoms with E-state index in [2.05, 4.69) is 15.3 Å². The molecule has 0 unspecified atom stereocenters. The summed E-state index contributed by atoms with van der Waals surface area (Å²) in [4.78, 5) is 19.7. The van der Waals surface area contributed by atoms with Crippen LogP contribution in [0, 0.1) is 13.8 Å². The van der Waals surface area contributed by atoms with E-state index in [0.29, 0.717) is 28.6 Å². The first kappa shape index (κ1) is 16.3. The fraction of sp³-hybridized carbons (Fsp3) is 0.158. The maximum atomic E-state index is 12.4. The fourth-order valence-electron chi connectivity index (χ4n) is 2.53. The van der Waals surface area contributed by atoms with Gasteiger partial charge in [-0.3, -0.25) is 9.78 Å². The summed E-state index contributed by atoms with van der Waals surface area (Å²) in [6.07, 6.45) is 0.561. The highest BCUT2D eigenvalue weighted by Crippen LogP contribution is 2.22. The minimum absolute atomic E-state index is 0.131. The van der Waals surface area contributed by atoms with Crippen LogP contribution in [0.5, 0.6) is 0 Å². The third kappa shape index (κ3) is 3.66. The van der Waals surface area contributed by atoms with Crippen LogP contribution >= 0.6 is 11.6 Å². The smallest absolute Gasteiger partial charge is 0.256 e. The molecule has 0 aliphatic rings.